The fourth-order valence-corrected chi connectivity index (χ4v) is 4.06. The number of rotatable bonds is 4. The quantitative estimate of drug-likeness (QED) is 0.512. The van der Waals surface area contributed by atoms with Gasteiger partial charge < -0.3 is 14.7 Å². The first kappa shape index (κ1) is 19.7. The van der Waals surface area contributed by atoms with Gasteiger partial charge in [0.1, 0.15) is 11.3 Å². The smallest absolute Gasteiger partial charge is 0.342 e. The van der Waals surface area contributed by atoms with E-state index in [9.17, 15) is 14.7 Å². The Kier molecular flexibility index (Phi) is 4.82. The molecule has 1 N–H and O–H groups in total. The fraction of sp³-hybridized carbons (Fsp3) is 0.200. The maximum absolute atomic E-state index is 12.6. The van der Waals surface area contributed by atoms with Crippen LogP contribution in [-0.4, -0.2) is 30.5 Å². The fourth-order valence-electron chi connectivity index (χ4n) is 4.06. The predicted octanol–water partition coefficient (Wildman–Crippen LogP) is 4.58. The highest BCUT2D eigenvalue weighted by molar-refractivity contribution is 6.00. The molecule has 5 nitrogen and oxygen atoms in total. The molecule has 0 aliphatic carbocycles. The van der Waals surface area contributed by atoms with Gasteiger partial charge in [-0.15, -0.1) is 0 Å². The molecular weight excluding hydrogens is 378 g/mol. The monoisotopic (exact) mass is 401 g/mol. The van der Waals surface area contributed by atoms with E-state index in [4.69, 9.17) is 4.74 Å². The van der Waals surface area contributed by atoms with Gasteiger partial charge in [0.2, 0.25) is 0 Å². The lowest BCUT2D eigenvalue weighted by atomic mass is 9.83. The van der Waals surface area contributed by atoms with Gasteiger partial charge in [-0.25, -0.2) is 4.79 Å². The average Bonchev–Trinajstić information content (AvgIpc) is 2.92. The van der Waals surface area contributed by atoms with Crippen LogP contribution in [0.1, 0.15) is 29.8 Å². The lowest BCUT2D eigenvalue weighted by molar-refractivity contribution is -0.117. The van der Waals surface area contributed by atoms with E-state index < -0.39 is 12.6 Å². The molecule has 0 amide bonds. The van der Waals surface area contributed by atoms with Crippen LogP contribution in [0.15, 0.2) is 72.4 Å². The van der Waals surface area contributed by atoms with E-state index in [2.05, 4.69) is 19.9 Å². The van der Waals surface area contributed by atoms with Crippen molar-refractivity contribution in [3.05, 3.63) is 83.6 Å². The Bertz CT molecular complexity index is 1190. The molecule has 3 aromatic carbocycles. The lowest BCUT2D eigenvalue weighted by Crippen LogP contribution is -2.25. The van der Waals surface area contributed by atoms with Gasteiger partial charge >= 0.3 is 5.97 Å². The highest BCUT2D eigenvalue weighted by Crippen LogP contribution is 2.46. The largest absolute Gasteiger partial charge is 0.507 e. The summed E-state index contributed by atoms with van der Waals surface area (Å²) in [5.41, 5.74) is 2.75. The zero-order valence-corrected chi connectivity index (χ0v) is 17.2. The number of carbonyl (C=O) groups is 2. The molecule has 1 aliphatic heterocycles. The highest BCUT2D eigenvalue weighted by atomic mass is 16.5. The topological polar surface area (TPSA) is 66.8 Å². The van der Waals surface area contributed by atoms with Crippen LogP contribution >= 0.6 is 0 Å². The third-order valence-electron chi connectivity index (χ3n) is 5.67. The van der Waals surface area contributed by atoms with Crippen molar-refractivity contribution in [3.8, 4) is 5.75 Å². The number of phenolic OH excluding ortho intramolecular Hbond substituents is 1. The van der Waals surface area contributed by atoms with E-state index in [-0.39, 0.29) is 22.5 Å². The van der Waals surface area contributed by atoms with E-state index in [0.717, 1.165) is 27.7 Å². The average molecular weight is 401 g/mol. The standard InChI is InChI=1S/C25H23NO4/c1-25(2)20-10-6-7-11-21(20)26(3)23(25)14-18(27)15-30-24(29)19-12-16-8-4-5-9-17(16)13-22(19)28/h4-14,28H,15H2,1-3H3/b23-14+. The first-order valence-corrected chi connectivity index (χ1v) is 9.76. The number of benzene rings is 3. The molecule has 1 aliphatic rings. The molecule has 0 saturated carbocycles. The first-order valence-electron chi connectivity index (χ1n) is 9.76. The van der Waals surface area contributed by atoms with Gasteiger partial charge in [0.05, 0.1) is 0 Å². The molecule has 5 heteroatoms. The third kappa shape index (κ3) is 3.32. The Labute approximate surface area is 175 Å². The number of aromatic hydroxyl groups is 1. The summed E-state index contributed by atoms with van der Waals surface area (Å²) < 4.78 is 5.20. The van der Waals surface area contributed by atoms with Crippen LogP contribution in [0.4, 0.5) is 5.69 Å². The van der Waals surface area contributed by atoms with Crippen LogP contribution < -0.4 is 4.90 Å². The summed E-state index contributed by atoms with van der Waals surface area (Å²) >= 11 is 0. The summed E-state index contributed by atoms with van der Waals surface area (Å²) in [5, 5.41) is 11.8. The molecule has 0 atom stereocenters. The van der Waals surface area contributed by atoms with Gasteiger partial charge in [0.15, 0.2) is 12.4 Å². The molecule has 4 rings (SSSR count). The zero-order valence-electron chi connectivity index (χ0n) is 17.2. The molecule has 0 unspecified atom stereocenters. The van der Waals surface area contributed by atoms with Crippen molar-refractivity contribution in [2.24, 2.45) is 0 Å². The Morgan fingerprint density at radius 3 is 2.37 bits per heavy atom. The molecule has 30 heavy (non-hydrogen) atoms. The van der Waals surface area contributed by atoms with Crippen molar-refractivity contribution in [3.63, 3.8) is 0 Å². The molecule has 0 fully saturated rings. The Morgan fingerprint density at radius 1 is 1.03 bits per heavy atom. The van der Waals surface area contributed by atoms with Crippen molar-refractivity contribution in [1.29, 1.82) is 0 Å². The second kappa shape index (κ2) is 7.34. The number of nitrogens with zero attached hydrogens (tertiary/aromatic N) is 1. The molecule has 0 aromatic heterocycles. The number of likely N-dealkylation sites (N-methyl/N-ethyl adjacent to an activating group) is 1. The van der Waals surface area contributed by atoms with E-state index >= 15 is 0 Å². The van der Waals surface area contributed by atoms with Gasteiger partial charge in [0.25, 0.3) is 0 Å². The van der Waals surface area contributed by atoms with Crippen LogP contribution in [0.2, 0.25) is 0 Å². The lowest BCUT2D eigenvalue weighted by Gasteiger charge is -2.23. The van der Waals surface area contributed by atoms with E-state index in [0.29, 0.717) is 0 Å². The highest BCUT2D eigenvalue weighted by Gasteiger charge is 2.38. The maximum atomic E-state index is 12.6. The minimum absolute atomic E-state index is 0.0415. The number of anilines is 1. The number of esters is 1. The maximum Gasteiger partial charge on any atom is 0.342 e. The minimum Gasteiger partial charge on any atom is -0.507 e. The Hall–Kier alpha value is -3.60. The van der Waals surface area contributed by atoms with Gasteiger partial charge in [-0.2, -0.15) is 0 Å². The first-order chi connectivity index (χ1) is 14.3. The molecule has 3 aromatic rings. The van der Waals surface area contributed by atoms with Crippen LogP contribution in [0, 0.1) is 0 Å². The second-order valence-corrected chi connectivity index (χ2v) is 7.99. The number of allylic oxidation sites excluding steroid dienone is 1. The molecular formula is C25H23NO4. The summed E-state index contributed by atoms with van der Waals surface area (Å²) in [7, 11) is 1.92. The van der Waals surface area contributed by atoms with Crippen LogP contribution in [0.25, 0.3) is 10.8 Å². The third-order valence-corrected chi connectivity index (χ3v) is 5.67. The molecule has 1 heterocycles. The number of ketones is 1. The minimum atomic E-state index is -0.729. The zero-order chi connectivity index (χ0) is 21.5. The number of fused-ring (bicyclic) bond motifs is 2. The summed E-state index contributed by atoms with van der Waals surface area (Å²) in [6.07, 6.45) is 1.54. The summed E-state index contributed by atoms with van der Waals surface area (Å²) in [6.45, 7) is 3.73. The van der Waals surface area contributed by atoms with Crippen molar-refractivity contribution in [2.45, 2.75) is 19.3 Å². The molecule has 152 valence electrons. The van der Waals surface area contributed by atoms with Crippen LogP contribution in [0.3, 0.4) is 0 Å². The van der Waals surface area contributed by atoms with E-state index in [1.807, 2.05) is 54.4 Å². The predicted molar refractivity (Wildman–Crippen MR) is 117 cm³/mol. The normalized spacial score (nSPS) is 16.0. The van der Waals surface area contributed by atoms with Gasteiger partial charge in [0, 0.05) is 29.9 Å². The van der Waals surface area contributed by atoms with Gasteiger partial charge in [-0.05, 0) is 34.5 Å². The van der Waals surface area contributed by atoms with Gasteiger partial charge in [-0.3, -0.25) is 4.79 Å². The van der Waals surface area contributed by atoms with Crippen LogP contribution in [-0.2, 0) is 14.9 Å². The van der Waals surface area contributed by atoms with Crippen molar-refractivity contribution in [2.75, 3.05) is 18.6 Å². The number of hydrogen-bond acceptors (Lipinski definition) is 5. The van der Waals surface area contributed by atoms with Crippen LogP contribution in [0.5, 0.6) is 5.75 Å². The molecule has 0 saturated heterocycles. The van der Waals surface area contributed by atoms with E-state index in [1.165, 1.54) is 12.1 Å². The number of para-hydroxylation sites is 1. The summed E-state index contributed by atoms with van der Waals surface area (Å²) in [4.78, 5) is 27.0. The van der Waals surface area contributed by atoms with Crippen molar-refractivity contribution >= 4 is 28.2 Å². The molecule has 0 spiro atoms. The Morgan fingerprint density at radius 2 is 1.67 bits per heavy atom. The number of carbonyl (C=O) groups excluding carboxylic acids is 2. The second-order valence-electron chi connectivity index (χ2n) is 7.99. The van der Waals surface area contributed by atoms with Crippen molar-refractivity contribution < 1.29 is 19.4 Å². The number of hydrogen-bond donors (Lipinski definition) is 1. The van der Waals surface area contributed by atoms with E-state index in [1.54, 1.807) is 6.07 Å². The summed E-state index contributed by atoms with van der Waals surface area (Å²) in [5.74, 6) is -1.21. The SMILES string of the molecule is CN1/C(=C/C(=O)COC(=O)c2cc3ccccc3cc2O)C(C)(C)c2ccccc21. The molecule has 0 radical (unpaired) electrons. The molecule has 0 bridgehead atoms. The van der Waals surface area contributed by atoms with Gasteiger partial charge in [-0.1, -0.05) is 56.3 Å². The Balaban J connectivity index is 1.50. The van der Waals surface area contributed by atoms with Crippen molar-refractivity contribution in [1.82, 2.24) is 0 Å². The number of phenols is 1. The number of ether oxygens (including phenoxy) is 1. The summed E-state index contributed by atoms with van der Waals surface area (Å²) in [6, 6.07) is 18.5.